The number of carbonyl (C=O) groups excluding carboxylic acids is 4. The van der Waals surface area contributed by atoms with Crippen molar-refractivity contribution >= 4 is 63.1 Å². The van der Waals surface area contributed by atoms with Crippen LogP contribution in [0.5, 0.6) is 11.5 Å². The van der Waals surface area contributed by atoms with Gasteiger partial charge in [-0.15, -0.1) is 0 Å². The van der Waals surface area contributed by atoms with Gasteiger partial charge in [-0.3, -0.25) is 14.9 Å². The summed E-state index contributed by atoms with van der Waals surface area (Å²) >= 11 is 9.20. The maximum atomic E-state index is 13.2. The van der Waals surface area contributed by atoms with Gasteiger partial charge in [-0.25, -0.2) is 14.5 Å². The molecule has 1 saturated heterocycles. The number of benzene rings is 3. The second kappa shape index (κ2) is 10.1. The fraction of sp³-hybridized carbons (Fsp3) is 0.0400. The Labute approximate surface area is 213 Å². The zero-order chi connectivity index (χ0) is 25.1. The van der Waals surface area contributed by atoms with E-state index in [0.717, 1.165) is 4.90 Å². The first kappa shape index (κ1) is 24.2. The van der Waals surface area contributed by atoms with E-state index in [1.54, 1.807) is 36.4 Å². The minimum Gasteiger partial charge on any atom is -0.497 e. The predicted molar refractivity (Wildman–Crippen MR) is 133 cm³/mol. The number of imide groups is 2. The Kier molecular flexibility index (Phi) is 6.99. The van der Waals surface area contributed by atoms with Crippen LogP contribution in [0.15, 0.2) is 76.8 Å². The summed E-state index contributed by atoms with van der Waals surface area (Å²) in [6.07, 6.45) is 1.26. The summed E-state index contributed by atoms with van der Waals surface area (Å²) in [6, 6.07) is 16.2. The molecule has 4 rings (SSSR count). The summed E-state index contributed by atoms with van der Waals surface area (Å²) in [7, 11) is 1.45. The Balaban J connectivity index is 1.70. The van der Waals surface area contributed by atoms with Crippen LogP contribution in [-0.2, 0) is 9.59 Å². The smallest absolute Gasteiger partial charge is 0.343 e. The normalized spacial score (nSPS) is 14.7. The zero-order valence-electron chi connectivity index (χ0n) is 18.1. The van der Waals surface area contributed by atoms with Crippen molar-refractivity contribution in [3.05, 3.63) is 92.9 Å². The van der Waals surface area contributed by atoms with Gasteiger partial charge in [0.15, 0.2) is 0 Å². The van der Waals surface area contributed by atoms with Crippen molar-refractivity contribution in [1.29, 1.82) is 0 Å². The number of nitrogens with zero attached hydrogens (tertiary/aromatic N) is 1. The van der Waals surface area contributed by atoms with Crippen LogP contribution in [-0.4, -0.2) is 30.9 Å². The topological polar surface area (TPSA) is 102 Å². The molecule has 1 N–H and O–H groups in total. The molecule has 8 nitrogen and oxygen atoms in total. The minimum absolute atomic E-state index is 0.103. The maximum absolute atomic E-state index is 13.2. The summed E-state index contributed by atoms with van der Waals surface area (Å²) in [5.41, 5.74) is 0.417. The van der Waals surface area contributed by atoms with Gasteiger partial charge in [0.1, 0.15) is 17.1 Å². The minimum atomic E-state index is -0.894. The number of carbonyl (C=O) groups is 4. The highest BCUT2D eigenvalue weighted by Crippen LogP contribution is 2.29. The van der Waals surface area contributed by atoms with Crippen LogP contribution in [0.4, 0.5) is 10.5 Å². The molecular weight excluding hydrogens is 540 g/mol. The quantitative estimate of drug-likeness (QED) is 0.206. The molecule has 1 aliphatic heterocycles. The van der Waals surface area contributed by atoms with Crippen molar-refractivity contribution in [1.82, 2.24) is 5.32 Å². The second-order valence-electron chi connectivity index (χ2n) is 7.24. The molecule has 4 amide bonds. The molecule has 1 aliphatic rings. The van der Waals surface area contributed by atoms with E-state index < -0.39 is 23.8 Å². The Morgan fingerprint density at radius 1 is 1.03 bits per heavy atom. The van der Waals surface area contributed by atoms with Crippen molar-refractivity contribution in [2.45, 2.75) is 0 Å². The molecule has 1 fully saturated rings. The molecule has 3 aromatic carbocycles. The van der Waals surface area contributed by atoms with E-state index in [9.17, 15) is 19.2 Å². The number of hydrogen-bond donors (Lipinski definition) is 1. The zero-order valence-corrected chi connectivity index (χ0v) is 20.4. The molecule has 0 aromatic heterocycles. The third-order valence-electron chi connectivity index (χ3n) is 4.97. The van der Waals surface area contributed by atoms with Crippen molar-refractivity contribution < 1.29 is 28.7 Å². The van der Waals surface area contributed by atoms with Crippen LogP contribution in [0.25, 0.3) is 6.08 Å². The van der Waals surface area contributed by atoms with Gasteiger partial charge in [0, 0.05) is 21.1 Å². The average molecular weight is 556 g/mol. The van der Waals surface area contributed by atoms with E-state index in [0.29, 0.717) is 15.2 Å². The highest BCUT2D eigenvalue weighted by atomic mass is 79.9. The lowest BCUT2D eigenvalue weighted by molar-refractivity contribution is -0.122. The third kappa shape index (κ3) is 5.26. The van der Waals surface area contributed by atoms with Gasteiger partial charge in [-0.2, -0.15) is 0 Å². The van der Waals surface area contributed by atoms with Gasteiger partial charge in [-0.05, 0) is 60.7 Å². The number of esters is 1. The summed E-state index contributed by atoms with van der Waals surface area (Å²) in [4.78, 5) is 51.7. The first-order valence-electron chi connectivity index (χ1n) is 10.1. The Morgan fingerprint density at radius 2 is 1.77 bits per heavy atom. The largest absolute Gasteiger partial charge is 0.497 e. The summed E-state index contributed by atoms with van der Waals surface area (Å²) in [5, 5.41) is 2.62. The molecule has 35 heavy (non-hydrogen) atoms. The van der Waals surface area contributed by atoms with Crippen molar-refractivity contribution in [2.75, 3.05) is 12.0 Å². The molecule has 10 heteroatoms. The van der Waals surface area contributed by atoms with E-state index in [1.807, 2.05) is 0 Å². The molecule has 0 atom stereocenters. The molecule has 0 bridgehead atoms. The fourth-order valence-electron chi connectivity index (χ4n) is 3.27. The number of ether oxygens (including phenoxy) is 2. The Morgan fingerprint density at radius 3 is 2.49 bits per heavy atom. The lowest BCUT2D eigenvalue weighted by Crippen LogP contribution is -2.54. The van der Waals surface area contributed by atoms with Gasteiger partial charge < -0.3 is 9.47 Å². The van der Waals surface area contributed by atoms with Crippen molar-refractivity contribution in [3.8, 4) is 11.5 Å². The molecular formula is C25H16BrClN2O6. The average Bonchev–Trinajstić information content (AvgIpc) is 2.83. The van der Waals surface area contributed by atoms with Crippen molar-refractivity contribution in [3.63, 3.8) is 0 Å². The highest BCUT2D eigenvalue weighted by Gasteiger charge is 2.37. The highest BCUT2D eigenvalue weighted by molar-refractivity contribution is 9.10. The van der Waals surface area contributed by atoms with Crippen molar-refractivity contribution in [2.24, 2.45) is 0 Å². The van der Waals surface area contributed by atoms with Crippen LogP contribution in [0, 0.1) is 0 Å². The van der Waals surface area contributed by atoms with E-state index in [-0.39, 0.29) is 28.1 Å². The lowest BCUT2D eigenvalue weighted by atomic mass is 10.1. The number of urea groups is 1. The number of rotatable bonds is 5. The fourth-order valence-corrected chi connectivity index (χ4v) is 3.77. The standard InChI is InChI=1S/C25H16BrClN2O6/c1-34-19-4-2-3-18(13-19)29-23(31)20(22(30)28-25(29)33)12-15-11-16(26)7-10-21(15)35-24(32)14-5-8-17(27)9-6-14/h2-13H,1H3,(H,28,30,33)/b20-12-. The molecule has 0 unspecified atom stereocenters. The van der Waals surface area contributed by atoms with Crippen LogP contribution in [0.1, 0.15) is 15.9 Å². The van der Waals surface area contributed by atoms with Crippen LogP contribution >= 0.6 is 27.5 Å². The van der Waals surface area contributed by atoms with Gasteiger partial charge in [0.05, 0.1) is 18.4 Å². The summed E-state index contributed by atoms with van der Waals surface area (Å²) in [5.74, 6) is -1.85. The Hall–Kier alpha value is -3.95. The van der Waals surface area contributed by atoms with E-state index in [4.69, 9.17) is 21.1 Å². The molecule has 0 aliphatic carbocycles. The number of methoxy groups -OCH3 is 1. The van der Waals surface area contributed by atoms with E-state index in [2.05, 4.69) is 21.2 Å². The molecule has 3 aromatic rings. The molecule has 176 valence electrons. The SMILES string of the molecule is COc1cccc(N2C(=O)NC(=O)/C(=C/c3cc(Br)ccc3OC(=O)c3ccc(Cl)cc3)C2=O)c1. The third-order valence-corrected chi connectivity index (χ3v) is 5.71. The number of anilines is 1. The molecule has 0 radical (unpaired) electrons. The number of hydrogen-bond acceptors (Lipinski definition) is 6. The number of amides is 4. The lowest BCUT2D eigenvalue weighted by Gasteiger charge is -2.26. The molecule has 0 spiro atoms. The van der Waals surface area contributed by atoms with Crippen LogP contribution in [0.2, 0.25) is 5.02 Å². The predicted octanol–water partition coefficient (Wildman–Crippen LogP) is 5.00. The summed E-state index contributed by atoms with van der Waals surface area (Å²) < 4.78 is 11.3. The first-order chi connectivity index (χ1) is 16.8. The summed E-state index contributed by atoms with van der Waals surface area (Å²) in [6.45, 7) is 0. The van der Waals surface area contributed by atoms with Crippen LogP contribution in [0.3, 0.4) is 0 Å². The van der Waals surface area contributed by atoms with E-state index >= 15 is 0 Å². The van der Waals surface area contributed by atoms with Crippen LogP contribution < -0.4 is 19.7 Å². The number of nitrogens with one attached hydrogen (secondary N) is 1. The first-order valence-corrected chi connectivity index (χ1v) is 11.3. The Bertz CT molecular complexity index is 1390. The number of halogens is 2. The molecule has 1 heterocycles. The van der Waals surface area contributed by atoms with Gasteiger partial charge in [0.2, 0.25) is 0 Å². The molecule has 0 saturated carbocycles. The number of barbiturate groups is 1. The van der Waals surface area contributed by atoms with Gasteiger partial charge >= 0.3 is 12.0 Å². The van der Waals surface area contributed by atoms with Gasteiger partial charge in [-0.1, -0.05) is 33.6 Å². The maximum Gasteiger partial charge on any atom is 0.343 e. The monoisotopic (exact) mass is 554 g/mol. The van der Waals surface area contributed by atoms with E-state index in [1.165, 1.54) is 43.5 Å². The second-order valence-corrected chi connectivity index (χ2v) is 8.59. The van der Waals surface area contributed by atoms with Gasteiger partial charge in [0.25, 0.3) is 11.8 Å².